The molecule has 2 aromatic rings. The molecule has 0 aromatic carbocycles. The van der Waals surface area contributed by atoms with Crippen molar-refractivity contribution in [3.8, 4) is 0 Å². The van der Waals surface area contributed by atoms with Crippen molar-refractivity contribution < 1.29 is 4.79 Å². The largest absolute Gasteiger partial charge is 0.309 e. The molecule has 0 aliphatic rings. The minimum absolute atomic E-state index is 0.0357. The van der Waals surface area contributed by atoms with E-state index < -0.39 is 0 Å². The van der Waals surface area contributed by atoms with E-state index in [4.69, 9.17) is 23.2 Å². The van der Waals surface area contributed by atoms with Crippen LogP contribution in [0.3, 0.4) is 0 Å². The lowest BCUT2D eigenvalue weighted by Gasteiger charge is -1.99. The number of ketones is 1. The molecule has 0 aliphatic carbocycles. The number of carbonyl (C=O) groups is 1. The van der Waals surface area contributed by atoms with E-state index in [0.717, 1.165) is 0 Å². The van der Waals surface area contributed by atoms with E-state index in [9.17, 15) is 4.79 Å². The van der Waals surface area contributed by atoms with E-state index in [0.29, 0.717) is 16.4 Å². The molecular formula is C9H6Cl2N2O. The van der Waals surface area contributed by atoms with Gasteiger partial charge in [-0.15, -0.1) is 11.6 Å². The second-order valence-corrected chi connectivity index (χ2v) is 3.37. The van der Waals surface area contributed by atoms with Crippen LogP contribution in [0.4, 0.5) is 0 Å². The second kappa shape index (κ2) is 3.59. The lowest BCUT2D eigenvalue weighted by Crippen LogP contribution is -2.04. The molecule has 14 heavy (non-hydrogen) atoms. The normalized spacial score (nSPS) is 10.7. The smallest absolute Gasteiger partial charge is 0.194 e. The van der Waals surface area contributed by atoms with Gasteiger partial charge in [-0.1, -0.05) is 11.6 Å². The van der Waals surface area contributed by atoms with Gasteiger partial charge in [0.25, 0.3) is 0 Å². The van der Waals surface area contributed by atoms with Gasteiger partial charge in [0, 0.05) is 12.4 Å². The average Bonchev–Trinajstić information content (AvgIpc) is 2.62. The predicted molar refractivity (Wildman–Crippen MR) is 55.3 cm³/mol. The molecule has 0 aliphatic heterocycles. The topological polar surface area (TPSA) is 34.4 Å². The summed E-state index contributed by atoms with van der Waals surface area (Å²) in [5, 5.41) is 0.376. The highest BCUT2D eigenvalue weighted by atomic mass is 35.5. The molecule has 0 fully saturated rings. The fourth-order valence-corrected chi connectivity index (χ4v) is 1.65. The molecule has 2 aromatic heterocycles. The molecule has 5 heteroatoms. The average molecular weight is 229 g/mol. The van der Waals surface area contributed by atoms with Crippen molar-refractivity contribution in [3.05, 3.63) is 35.4 Å². The first kappa shape index (κ1) is 9.49. The van der Waals surface area contributed by atoms with Crippen molar-refractivity contribution in [1.29, 1.82) is 0 Å². The van der Waals surface area contributed by atoms with Gasteiger partial charge in [-0.3, -0.25) is 4.79 Å². The van der Waals surface area contributed by atoms with E-state index in [-0.39, 0.29) is 11.7 Å². The van der Waals surface area contributed by atoms with Gasteiger partial charge < -0.3 is 4.40 Å². The molecule has 0 radical (unpaired) electrons. The fourth-order valence-electron chi connectivity index (χ4n) is 1.30. The molecule has 72 valence electrons. The fraction of sp³-hybridized carbons (Fsp3) is 0.111. The summed E-state index contributed by atoms with van der Waals surface area (Å²) < 4.78 is 1.68. The molecule has 2 heterocycles. The highest BCUT2D eigenvalue weighted by molar-refractivity contribution is 6.33. The van der Waals surface area contributed by atoms with Crippen LogP contribution in [0.25, 0.3) is 5.52 Å². The summed E-state index contributed by atoms with van der Waals surface area (Å²) >= 11 is 11.3. The van der Waals surface area contributed by atoms with Crippen LogP contribution in [0.1, 0.15) is 10.5 Å². The summed E-state index contributed by atoms with van der Waals surface area (Å²) in [6.07, 6.45) is 3.22. The molecular weight excluding hydrogens is 223 g/mol. The molecule has 3 nitrogen and oxygen atoms in total. The number of alkyl halides is 1. The third-order valence-corrected chi connectivity index (χ3v) is 2.47. The van der Waals surface area contributed by atoms with Crippen LogP contribution in [-0.4, -0.2) is 21.0 Å². The first-order valence-corrected chi connectivity index (χ1v) is 4.86. The van der Waals surface area contributed by atoms with Crippen molar-refractivity contribution in [3.63, 3.8) is 0 Å². The monoisotopic (exact) mass is 228 g/mol. The lowest BCUT2D eigenvalue weighted by atomic mass is 10.3. The van der Waals surface area contributed by atoms with Crippen LogP contribution in [0.2, 0.25) is 5.15 Å². The van der Waals surface area contributed by atoms with Crippen LogP contribution in [0, 0.1) is 0 Å². The number of nitrogens with zero attached hydrogens (tertiary/aromatic N) is 2. The standard InChI is InChI=1S/C9H6Cl2N2O/c10-5-8(14)6-1-2-7-9(11)12-3-4-13(6)7/h1-4H,5H2. The Kier molecular flexibility index (Phi) is 2.44. The first-order valence-electron chi connectivity index (χ1n) is 3.95. The minimum Gasteiger partial charge on any atom is -0.309 e. The Morgan fingerprint density at radius 2 is 2.29 bits per heavy atom. The lowest BCUT2D eigenvalue weighted by molar-refractivity contribution is 0.101. The zero-order valence-corrected chi connectivity index (χ0v) is 8.59. The molecule has 0 bridgehead atoms. The summed E-state index contributed by atoms with van der Waals surface area (Å²) in [7, 11) is 0. The zero-order valence-electron chi connectivity index (χ0n) is 7.08. The molecule has 0 N–H and O–H groups in total. The molecule has 0 saturated carbocycles. The Morgan fingerprint density at radius 1 is 1.50 bits per heavy atom. The van der Waals surface area contributed by atoms with Crippen LogP contribution in [-0.2, 0) is 0 Å². The van der Waals surface area contributed by atoms with Crippen LogP contribution >= 0.6 is 23.2 Å². The van der Waals surface area contributed by atoms with Crippen LogP contribution in [0.5, 0.6) is 0 Å². The highest BCUT2D eigenvalue weighted by Crippen LogP contribution is 2.17. The Labute approximate surface area is 90.3 Å². The van der Waals surface area contributed by atoms with E-state index >= 15 is 0 Å². The van der Waals surface area contributed by atoms with Crippen molar-refractivity contribution in [2.45, 2.75) is 0 Å². The van der Waals surface area contributed by atoms with Crippen LogP contribution in [0.15, 0.2) is 24.5 Å². The van der Waals surface area contributed by atoms with Gasteiger partial charge in [-0.05, 0) is 12.1 Å². The van der Waals surface area contributed by atoms with Gasteiger partial charge in [0.1, 0.15) is 0 Å². The van der Waals surface area contributed by atoms with E-state index in [2.05, 4.69) is 4.98 Å². The summed E-state index contributed by atoms with van der Waals surface area (Å²) in [4.78, 5) is 15.3. The summed E-state index contributed by atoms with van der Waals surface area (Å²) in [5.41, 5.74) is 1.24. The third kappa shape index (κ3) is 1.38. The Balaban J connectivity index is 2.70. The number of halogens is 2. The maximum Gasteiger partial charge on any atom is 0.194 e. The number of Topliss-reactive ketones (excluding diaryl/α,β-unsaturated/α-hetero) is 1. The number of hydrogen-bond donors (Lipinski definition) is 0. The van der Waals surface area contributed by atoms with Gasteiger partial charge in [0.2, 0.25) is 0 Å². The quantitative estimate of drug-likeness (QED) is 0.585. The van der Waals surface area contributed by atoms with Gasteiger partial charge in [-0.25, -0.2) is 4.98 Å². The Morgan fingerprint density at radius 3 is 3.00 bits per heavy atom. The van der Waals surface area contributed by atoms with Gasteiger partial charge >= 0.3 is 0 Å². The van der Waals surface area contributed by atoms with Crippen molar-refractivity contribution in [2.75, 3.05) is 5.88 Å². The number of hydrogen-bond acceptors (Lipinski definition) is 2. The van der Waals surface area contributed by atoms with Gasteiger partial charge in [0.05, 0.1) is 17.1 Å². The number of rotatable bonds is 2. The molecule has 0 atom stereocenters. The summed E-state index contributed by atoms with van der Waals surface area (Å²) in [6, 6.07) is 3.43. The highest BCUT2D eigenvalue weighted by Gasteiger charge is 2.10. The zero-order chi connectivity index (χ0) is 10.1. The van der Waals surface area contributed by atoms with Crippen molar-refractivity contribution >= 4 is 34.5 Å². The third-order valence-electron chi connectivity index (χ3n) is 1.94. The molecule has 0 spiro atoms. The SMILES string of the molecule is O=C(CCl)c1ccc2c(Cl)nccn12. The summed E-state index contributed by atoms with van der Waals surface area (Å²) in [5.74, 6) is -0.166. The minimum atomic E-state index is -0.131. The number of aromatic nitrogens is 2. The van der Waals surface area contributed by atoms with Crippen LogP contribution < -0.4 is 0 Å². The first-order chi connectivity index (χ1) is 6.74. The Bertz CT molecular complexity index is 493. The van der Waals surface area contributed by atoms with Gasteiger partial charge in [0.15, 0.2) is 10.9 Å². The number of carbonyl (C=O) groups excluding carboxylic acids is 1. The predicted octanol–water partition coefficient (Wildman–Crippen LogP) is 2.41. The Hall–Kier alpha value is -1.06. The van der Waals surface area contributed by atoms with Crippen molar-refractivity contribution in [2.24, 2.45) is 0 Å². The molecule has 0 amide bonds. The van der Waals surface area contributed by atoms with E-state index in [1.54, 1.807) is 28.9 Å². The second-order valence-electron chi connectivity index (χ2n) is 2.75. The molecule has 2 rings (SSSR count). The molecule has 0 unspecified atom stereocenters. The van der Waals surface area contributed by atoms with Crippen molar-refractivity contribution in [1.82, 2.24) is 9.38 Å². The summed E-state index contributed by atoms with van der Waals surface area (Å²) in [6.45, 7) is 0. The van der Waals surface area contributed by atoms with Gasteiger partial charge in [-0.2, -0.15) is 0 Å². The number of fused-ring (bicyclic) bond motifs is 1. The van der Waals surface area contributed by atoms with E-state index in [1.165, 1.54) is 0 Å². The maximum absolute atomic E-state index is 11.4. The van der Waals surface area contributed by atoms with E-state index in [1.807, 2.05) is 0 Å². The molecule has 0 saturated heterocycles. The maximum atomic E-state index is 11.4.